The highest BCUT2D eigenvalue weighted by Crippen LogP contribution is 2.23. The third kappa shape index (κ3) is 7.36. The summed E-state index contributed by atoms with van der Waals surface area (Å²) in [6.07, 6.45) is -0.448. The van der Waals surface area contributed by atoms with Crippen LogP contribution in [0.25, 0.3) is 0 Å². The monoisotopic (exact) mass is 386 g/mol. The smallest absolute Gasteiger partial charge is 0.407 e. The molecule has 0 unspecified atom stereocenters. The number of amides is 1. The SMILES string of the molecule is CCOC(=O)c1ccc(NCCNC(=O)OC(C)(C)C)c(Br)c1. The first kappa shape index (κ1) is 19.3. The molecule has 23 heavy (non-hydrogen) atoms. The fraction of sp³-hybridized carbons (Fsp3) is 0.500. The van der Waals surface area contributed by atoms with Gasteiger partial charge in [0.1, 0.15) is 5.60 Å². The summed E-state index contributed by atoms with van der Waals surface area (Å²) >= 11 is 3.41. The molecule has 0 spiro atoms. The predicted octanol–water partition coefficient (Wildman–Crippen LogP) is 3.56. The first-order chi connectivity index (χ1) is 10.7. The fourth-order valence-electron chi connectivity index (χ4n) is 1.68. The van der Waals surface area contributed by atoms with Crippen molar-refractivity contribution in [3.63, 3.8) is 0 Å². The molecule has 1 aromatic rings. The highest BCUT2D eigenvalue weighted by Gasteiger charge is 2.15. The van der Waals surface area contributed by atoms with Crippen molar-refractivity contribution in [1.82, 2.24) is 5.32 Å². The minimum atomic E-state index is -0.510. The number of carbonyl (C=O) groups excluding carboxylic acids is 2. The molecule has 1 aromatic carbocycles. The van der Waals surface area contributed by atoms with E-state index in [2.05, 4.69) is 26.6 Å². The zero-order valence-corrected chi connectivity index (χ0v) is 15.5. The maximum Gasteiger partial charge on any atom is 0.407 e. The lowest BCUT2D eigenvalue weighted by Gasteiger charge is -2.19. The van der Waals surface area contributed by atoms with E-state index in [0.29, 0.717) is 25.3 Å². The van der Waals surface area contributed by atoms with Gasteiger partial charge >= 0.3 is 12.1 Å². The average Bonchev–Trinajstić information content (AvgIpc) is 2.43. The Balaban J connectivity index is 2.44. The Hall–Kier alpha value is -1.76. The lowest BCUT2D eigenvalue weighted by Crippen LogP contribution is -2.35. The van der Waals surface area contributed by atoms with Crippen LogP contribution in [-0.4, -0.2) is 37.4 Å². The molecule has 0 aliphatic rings. The van der Waals surface area contributed by atoms with Crippen LogP contribution >= 0.6 is 15.9 Å². The van der Waals surface area contributed by atoms with Crippen molar-refractivity contribution >= 4 is 33.7 Å². The molecule has 0 radical (unpaired) electrons. The molecular weight excluding hydrogens is 364 g/mol. The largest absolute Gasteiger partial charge is 0.462 e. The summed E-state index contributed by atoms with van der Waals surface area (Å²) < 4.78 is 10.8. The van der Waals surface area contributed by atoms with Crippen molar-refractivity contribution in [2.24, 2.45) is 0 Å². The maximum atomic E-state index is 11.6. The molecule has 2 N–H and O–H groups in total. The normalized spacial score (nSPS) is 10.8. The Bertz CT molecular complexity index is 556. The molecule has 0 saturated carbocycles. The van der Waals surface area contributed by atoms with Gasteiger partial charge in [0.15, 0.2) is 0 Å². The van der Waals surface area contributed by atoms with Gasteiger partial charge in [-0.05, 0) is 61.8 Å². The van der Waals surface area contributed by atoms with Crippen LogP contribution in [0.5, 0.6) is 0 Å². The zero-order chi connectivity index (χ0) is 17.5. The third-order valence-corrected chi connectivity index (χ3v) is 3.24. The van der Waals surface area contributed by atoms with E-state index < -0.39 is 11.7 Å². The van der Waals surface area contributed by atoms with E-state index in [-0.39, 0.29) is 5.97 Å². The summed E-state index contributed by atoms with van der Waals surface area (Å²) in [7, 11) is 0. The summed E-state index contributed by atoms with van der Waals surface area (Å²) in [5.74, 6) is -0.355. The number of alkyl carbamates (subject to hydrolysis) is 1. The lowest BCUT2D eigenvalue weighted by molar-refractivity contribution is 0.0517. The fourth-order valence-corrected chi connectivity index (χ4v) is 2.19. The van der Waals surface area contributed by atoms with Gasteiger partial charge in [-0.2, -0.15) is 0 Å². The molecule has 0 bridgehead atoms. The zero-order valence-electron chi connectivity index (χ0n) is 13.9. The molecule has 128 valence electrons. The van der Waals surface area contributed by atoms with Gasteiger partial charge in [-0.1, -0.05) is 0 Å². The third-order valence-electron chi connectivity index (χ3n) is 2.59. The lowest BCUT2D eigenvalue weighted by atomic mass is 10.2. The first-order valence-electron chi connectivity index (χ1n) is 7.40. The average molecular weight is 387 g/mol. The molecule has 1 amide bonds. The molecule has 0 aliphatic carbocycles. The summed E-state index contributed by atoms with van der Waals surface area (Å²) in [5.41, 5.74) is 0.795. The Morgan fingerprint density at radius 1 is 1.22 bits per heavy atom. The quantitative estimate of drug-likeness (QED) is 0.577. The van der Waals surface area contributed by atoms with E-state index in [9.17, 15) is 9.59 Å². The standard InChI is InChI=1S/C16H23BrN2O4/c1-5-22-14(20)11-6-7-13(12(17)10-11)18-8-9-19-15(21)23-16(2,3)4/h6-7,10,18H,5,8-9H2,1-4H3,(H,19,21). The van der Waals surface area contributed by atoms with Crippen LogP contribution < -0.4 is 10.6 Å². The minimum Gasteiger partial charge on any atom is -0.462 e. The van der Waals surface area contributed by atoms with Gasteiger partial charge in [0.2, 0.25) is 0 Å². The summed E-state index contributed by atoms with van der Waals surface area (Å²) in [6, 6.07) is 5.16. The van der Waals surface area contributed by atoms with E-state index in [0.717, 1.165) is 10.2 Å². The number of esters is 1. The van der Waals surface area contributed by atoms with Crippen LogP contribution in [0.4, 0.5) is 10.5 Å². The van der Waals surface area contributed by atoms with Crippen LogP contribution in [0.1, 0.15) is 38.1 Å². The van der Waals surface area contributed by atoms with Crippen LogP contribution in [0, 0.1) is 0 Å². The van der Waals surface area contributed by atoms with Gasteiger partial charge in [-0.15, -0.1) is 0 Å². The maximum absolute atomic E-state index is 11.6. The van der Waals surface area contributed by atoms with Crippen molar-refractivity contribution in [2.75, 3.05) is 25.0 Å². The number of benzene rings is 1. The molecule has 0 heterocycles. The number of ether oxygens (including phenoxy) is 2. The second-order valence-corrected chi connectivity index (χ2v) is 6.62. The van der Waals surface area contributed by atoms with Gasteiger partial charge in [0.05, 0.1) is 12.2 Å². The Morgan fingerprint density at radius 2 is 1.91 bits per heavy atom. The highest BCUT2D eigenvalue weighted by molar-refractivity contribution is 9.10. The number of halogens is 1. The number of hydrogen-bond donors (Lipinski definition) is 2. The van der Waals surface area contributed by atoms with Crippen LogP contribution in [0.15, 0.2) is 22.7 Å². The Morgan fingerprint density at radius 3 is 2.48 bits per heavy atom. The first-order valence-corrected chi connectivity index (χ1v) is 8.19. The molecule has 1 rings (SSSR count). The number of rotatable bonds is 6. The summed E-state index contributed by atoms with van der Waals surface area (Å²) in [5, 5.41) is 5.82. The van der Waals surface area contributed by atoms with E-state index in [1.54, 1.807) is 25.1 Å². The van der Waals surface area contributed by atoms with Crippen molar-refractivity contribution < 1.29 is 19.1 Å². The van der Waals surface area contributed by atoms with Gasteiger partial charge in [0.25, 0.3) is 0 Å². The van der Waals surface area contributed by atoms with Crippen LogP contribution in [0.3, 0.4) is 0 Å². The van der Waals surface area contributed by atoms with Crippen molar-refractivity contribution in [1.29, 1.82) is 0 Å². The Kier molecular flexibility index (Phi) is 7.35. The molecule has 0 aliphatic heterocycles. The number of hydrogen-bond acceptors (Lipinski definition) is 5. The van der Waals surface area contributed by atoms with E-state index in [1.165, 1.54) is 0 Å². The molecule has 7 heteroatoms. The summed E-state index contributed by atoms with van der Waals surface area (Å²) in [6.45, 7) is 8.48. The summed E-state index contributed by atoms with van der Waals surface area (Å²) in [4.78, 5) is 23.1. The topological polar surface area (TPSA) is 76.7 Å². The number of carbonyl (C=O) groups is 2. The molecule has 0 atom stereocenters. The van der Waals surface area contributed by atoms with Crippen LogP contribution in [0.2, 0.25) is 0 Å². The minimum absolute atomic E-state index is 0.340. The van der Waals surface area contributed by atoms with Crippen LogP contribution in [-0.2, 0) is 9.47 Å². The van der Waals surface area contributed by atoms with Gasteiger partial charge in [-0.25, -0.2) is 9.59 Å². The predicted molar refractivity (Wildman–Crippen MR) is 92.8 cm³/mol. The van der Waals surface area contributed by atoms with E-state index >= 15 is 0 Å². The number of anilines is 1. The van der Waals surface area contributed by atoms with Crippen molar-refractivity contribution in [3.05, 3.63) is 28.2 Å². The van der Waals surface area contributed by atoms with E-state index in [4.69, 9.17) is 9.47 Å². The van der Waals surface area contributed by atoms with Crippen molar-refractivity contribution in [3.8, 4) is 0 Å². The van der Waals surface area contributed by atoms with E-state index in [1.807, 2.05) is 20.8 Å². The van der Waals surface area contributed by atoms with Gasteiger partial charge < -0.3 is 20.1 Å². The second kappa shape index (κ2) is 8.76. The molecular formula is C16H23BrN2O4. The molecule has 0 aromatic heterocycles. The van der Waals surface area contributed by atoms with Gasteiger partial charge in [-0.3, -0.25) is 0 Å². The Labute approximate surface area is 145 Å². The second-order valence-electron chi connectivity index (χ2n) is 5.77. The molecule has 0 fully saturated rings. The van der Waals surface area contributed by atoms with Gasteiger partial charge in [0, 0.05) is 23.2 Å². The molecule has 0 saturated heterocycles. The number of nitrogens with one attached hydrogen (secondary N) is 2. The van der Waals surface area contributed by atoms with Crippen molar-refractivity contribution in [2.45, 2.75) is 33.3 Å². The highest BCUT2D eigenvalue weighted by atomic mass is 79.9. The molecule has 6 nitrogen and oxygen atoms in total.